The average Bonchev–Trinajstić information content (AvgIpc) is 3.62. The molecule has 1 saturated heterocycles. The van der Waals surface area contributed by atoms with E-state index in [0.29, 0.717) is 23.7 Å². The second-order valence-electron chi connectivity index (χ2n) is 12.9. The minimum atomic E-state index is -0.884. The molecule has 1 aliphatic heterocycles. The van der Waals surface area contributed by atoms with E-state index in [4.69, 9.17) is 19.4 Å². The molecule has 0 spiro atoms. The average molecular weight is 625 g/mol. The maximum atomic E-state index is 13.7. The zero-order valence-corrected chi connectivity index (χ0v) is 27.3. The highest BCUT2D eigenvalue weighted by molar-refractivity contribution is 7.16. The fourth-order valence-electron chi connectivity index (χ4n) is 6.46. The van der Waals surface area contributed by atoms with Gasteiger partial charge in [-0.15, -0.1) is 0 Å². The Morgan fingerprint density at radius 2 is 1.53 bits per heavy atom. The number of aryl methyl sites for hydroxylation is 1. The number of aliphatic hydroxyl groups is 1. The Bertz CT molecular complexity index is 1790. The van der Waals surface area contributed by atoms with Crippen LogP contribution in [0.2, 0.25) is 0 Å². The van der Waals surface area contributed by atoms with Crippen molar-refractivity contribution in [3.8, 4) is 5.75 Å². The lowest BCUT2D eigenvalue weighted by molar-refractivity contribution is -0.0672. The smallest absolute Gasteiger partial charge is 0.311 e. The third-order valence-corrected chi connectivity index (χ3v) is 9.97. The normalized spacial score (nSPS) is 19.5. The van der Waals surface area contributed by atoms with E-state index < -0.39 is 17.9 Å². The van der Waals surface area contributed by atoms with Crippen LogP contribution < -0.4 is 14.9 Å². The molecule has 5 aromatic rings. The molecule has 9 heteroatoms. The number of benzene rings is 3. The van der Waals surface area contributed by atoms with E-state index >= 15 is 0 Å². The number of thiazole rings is 1. The van der Waals surface area contributed by atoms with Crippen LogP contribution in [0.25, 0.3) is 10.3 Å². The van der Waals surface area contributed by atoms with Crippen LogP contribution in [0.3, 0.4) is 0 Å². The topological polar surface area (TPSA) is 98.5 Å². The minimum absolute atomic E-state index is 0.00805. The first kappa shape index (κ1) is 31.0. The first-order valence-electron chi connectivity index (χ1n) is 15.3. The number of methoxy groups -OCH3 is 1. The summed E-state index contributed by atoms with van der Waals surface area (Å²) in [6.45, 7) is 10.1. The number of nitrogens with zero attached hydrogens (tertiary/aromatic N) is 3. The largest absolute Gasteiger partial charge is 0.497 e. The van der Waals surface area contributed by atoms with Gasteiger partial charge in [-0.1, -0.05) is 105 Å². The summed E-state index contributed by atoms with van der Waals surface area (Å²) in [6, 6.07) is 28.4. The van der Waals surface area contributed by atoms with Crippen molar-refractivity contribution < 1.29 is 14.6 Å². The van der Waals surface area contributed by atoms with Gasteiger partial charge in [0.2, 0.25) is 5.95 Å². The summed E-state index contributed by atoms with van der Waals surface area (Å²) < 4.78 is 14.3. The van der Waals surface area contributed by atoms with Gasteiger partial charge in [-0.2, -0.15) is 4.98 Å². The highest BCUT2D eigenvalue weighted by atomic mass is 32.1. The third-order valence-electron chi connectivity index (χ3n) is 8.92. The third kappa shape index (κ3) is 5.65. The van der Waals surface area contributed by atoms with Crippen LogP contribution in [-0.2, 0) is 10.3 Å². The van der Waals surface area contributed by atoms with Crippen LogP contribution >= 0.6 is 11.3 Å². The number of hydrogen-bond acceptors (Lipinski definition) is 8. The van der Waals surface area contributed by atoms with Crippen molar-refractivity contribution in [1.29, 1.82) is 0 Å². The molecule has 1 aliphatic rings. The Morgan fingerprint density at radius 1 is 0.956 bits per heavy atom. The SMILES string of the molecule is COc1ccc(C(Nc2nc(C)c3sc(=O)n(C4O[C@H]([C@H](C)O)CC4C(C)(C)C)c3n2)(c2ccccc2)c2ccccc2)cc1. The monoisotopic (exact) mass is 624 g/mol. The summed E-state index contributed by atoms with van der Waals surface area (Å²) in [5, 5.41) is 14.2. The molecule has 0 bridgehead atoms. The standard InChI is InChI=1S/C36H40N4O4S/c1-22-30-31(40(34(42)45-30)32-28(35(3,4)5)21-29(44-32)23(2)41)38-33(37-22)39-36(24-13-9-7-10-14-24,25-15-11-8-12-16-25)26-17-19-27(43-6)20-18-26/h7-20,23,28-29,32,41H,21H2,1-6H3,(H,37,38,39)/t23-,28?,29-,32?/m0/s1. The van der Waals surface area contributed by atoms with E-state index in [1.807, 2.05) is 67.6 Å². The van der Waals surface area contributed by atoms with Crippen molar-refractivity contribution in [3.63, 3.8) is 0 Å². The van der Waals surface area contributed by atoms with Gasteiger partial charge in [0.05, 0.1) is 29.7 Å². The second-order valence-corrected chi connectivity index (χ2v) is 13.8. The number of hydrogen-bond donors (Lipinski definition) is 2. The van der Waals surface area contributed by atoms with Gasteiger partial charge >= 0.3 is 4.87 Å². The van der Waals surface area contributed by atoms with Crippen molar-refractivity contribution in [3.05, 3.63) is 117 Å². The summed E-state index contributed by atoms with van der Waals surface area (Å²) in [6.07, 6.45) is -0.952. The van der Waals surface area contributed by atoms with E-state index in [1.165, 1.54) is 0 Å². The molecule has 2 aromatic heterocycles. The molecule has 234 valence electrons. The maximum absolute atomic E-state index is 13.7. The lowest BCUT2D eigenvalue weighted by Gasteiger charge is -2.37. The molecular weight excluding hydrogens is 584 g/mol. The van der Waals surface area contributed by atoms with Crippen molar-refractivity contribution in [2.45, 2.75) is 65.0 Å². The van der Waals surface area contributed by atoms with Gasteiger partial charge in [0.15, 0.2) is 5.65 Å². The predicted molar refractivity (Wildman–Crippen MR) is 179 cm³/mol. The molecule has 0 aliphatic carbocycles. The number of nitrogens with one attached hydrogen (secondary N) is 1. The fourth-order valence-corrected chi connectivity index (χ4v) is 7.36. The lowest BCUT2D eigenvalue weighted by atomic mass is 9.77. The zero-order chi connectivity index (χ0) is 31.9. The van der Waals surface area contributed by atoms with Gasteiger partial charge in [0, 0.05) is 5.92 Å². The first-order chi connectivity index (χ1) is 21.5. The Kier molecular flexibility index (Phi) is 8.28. The molecule has 0 radical (unpaired) electrons. The Balaban J connectivity index is 1.56. The molecule has 8 nitrogen and oxygen atoms in total. The second kappa shape index (κ2) is 12.0. The molecule has 6 rings (SSSR count). The molecule has 1 fully saturated rings. The van der Waals surface area contributed by atoms with E-state index in [0.717, 1.165) is 38.5 Å². The van der Waals surface area contributed by atoms with E-state index in [2.05, 4.69) is 50.4 Å². The van der Waals surface area contributed by atoms with Gasteiger partial charge in [-0.05, 0) is 54.5 Å². The van der Waals surface area contributed by atoms with Crippen molar-refractivity contribution in [2.24, 2.45) is 11.3 Å². The van der Waals surface area contributed by atoms with Crippen LogP contribution in [-0.4, -0.2) is 39.0 Å². The molecular formula is C36H40N4O4S. The number of aromatic nitrogens is 3. The van der Waals surface area contributed by atoms with Crippen LogP contribution in [0.15, 0.2) is 89.7 Å². The number of fused-ring (bicyclic) bond motifs is 1. The lowest BCUT2D eigenvalue weighted by Crippen LogP contribution is -2.39. The summed E-state index contributed by atoms with van der Waals surface area (Å²) in [7, 11) is 1.66. The molecule has 3 aromatic carbocycles. The zero-order valence-electron chi connectivity index (χ0n) is 26.5. The highest BCUT2D eigenvalue weighted by Gasteiger charge is 2.46. The summed E-state index contributed by atoms with van der Waals surface area (Å²) in [4.78, 5) is 23.5. The maximum Gasteiger partial charge on any atom is 0.311 e. The first-order valence-corrected chi connectivity index (χ1v) is 16.1. The van der Waals surface area contributed by atoms with Crippen molar-refractivity contribution in [2.75, 3.05) is 12.4 Å². The van der Waals surface area contributed by atoms with Gasteiger partial charge in [-0.25, -0.2) is 4.98 Å². The molecule has 0 saturated carbocycles. The van der Waals surface area contributed by atoms with Crippen LogP contribution in [0.5, 0.6) is 5.75 Å². The Morgan fingerprint density at radius 3 is 2.07 bits per heavy atom. The predicted octanol–water partition coefficient (Wildman–Crippen LogP) is 6.90. The minimum Gasteiger partial charge on any atom is -0.497 e. The van der Waals surface area contributed by atoms with Crippen molar-refractivity contribution in [1.82, 2.24) is 14.5 Å². The van der Waals surface area contributed by atoms with Gasteiger partial charge in [0.1, 0.15) is 17.5 Å². The Hall–Kier alpha value is -4.05. The molecule has 2 unspecified atom stereocenters. The van der Waals surface area contributed by atoms with Gasteiger partial charge in [0.25, 0.3) is 0 Å². The number of aliphatic hydroxyl groups excluding tert-OH is 1. The quantitative estimate of drug-likeness (QED) is 0.181. The van der Waals surface area contributed by atoms with Gasteiger partial charge in [-0.3, -0.25) is 9.36 Å². The Labute approximate surface area is 267 Å². The van der Waals surface area contributed by atoms with E-state index in [1.54, 1.807) is 18.6 Å². The molecule has 3 heterocycles. The van der Waals surface area contributed by atoms with E-state index in [9.17, 15) is 9.90 Å². The van der Waals surface area contributed by atoms with Crippen LogP contribution in [0.1, 0.15) is 62.7 Å². The van der Waals surface area contributed by atoms with Crippen LogP contribution in [0, 0.1) is 18.3 Å². The molecule has 2 N–H and O–H groups in total. The summed E-state index contributed by atoms with van der Waals surface area (Å²) in [5.74, 6) is 1.13. The van der Waals surface area contributed by atoms with Crippen LogP contribution in [0.4, 0.5) is 5.95 Å². The summed E-state index contributed by atoms with van der Waals surface area (Å²) in [5.41, 5.74) is 3.13. The van der Waals surface area contributed by atoms with Crippen molar-refractivity contribution >= 4 is 27.6 Å². The fraction of sp³-hybridized carbons (Fsp3) is 0.361. The van der Waals surface area contributed by atoms with Gasteiger partial charge < -0.3 is 19.9 Å². The molecule has 4 atom stereocenters. The number of anilines is 1. The number of ether oxygens (including phenoxy) is 2. The highest BCUT2D eigenvalue weighted by Crippen LogP contribution is 2.47. The molecule has 45 heavy (non-hydrogen) atoms. The van der Waals surface area contributed by atoms with E-state index in [-0.39, 0.29) is 22.3 Å². The summed E-state index contributed by atoms with van der Waals surface area (Å²) >= 11 is 1.13. The number of rotatable bonds is 8. The molecule has 0 amide bonds.